The van der Waals surface area contributed by atoms with E-state index in [2.05, 4.69) is 15.4 Å². The average molecular weight is 442 g/mol. The molecule has 9 heteroatoms. The molecule has 0 bridgehead atoms. The fourth-order valence-corrected chi connectivity index (χ4v) is 4.13. The highest BCUT2D eigenvalue weighted by molar-refractivity contribution is 6.32. The van der Waals surface area contributed by atoms with Crippen molar-refractivity contribution >= 4 is 23.2 Å². The first-order chi connectivity index (χ1) is 15.0. The Morgan fingerprint density at radius 2 is 2.19 bits per heavy atom. The molecule has 1 aliphatic heterocycles. The molecule has 1 atom stereocenters. The van der Waals surface area contributed by atoms with Crippen LogP contribution in [-0.4, -0.2) is 32.3 Å². The van der Waals surface area contributed by atoms with Crippen LogP contribution in [0, 0.1) is 5.92 Å². The lowest BCUT2D eigenvalue weighted by Crippen LogP contribution is -2.26. The molecule has 1 aliphatic rings. The molecule has 1 aromatic carbocycles. The minimum atomic E-state index is -0.114. The molecule has 0 saturated heterocycles. The Hall–Kier alpha value is -3.13. The molecular formula is C22H24ClN5O3. The van der Waals surface area contributed by atoms with E-state index in [1.54, 1.807) is 42.3 Å². The number of pyridine rings is 1. The first-order valence-electron chi connectivity index (χ1n) is 10.2. The van der Waals surface area contributed by atoms with E-state index in [-0.39, 0.29) is 17.5 Å². The molecule has 0 radical (unpaired) electrons. The summed E-state index contributed by atoms with van der Waals surface area (Å²) in [6.45, 7) is 0.969. The SMILES string of the molecule is COc1ccc(NC(=O)CC2CCc3nn(Cc4cccnc4)c(=O)n3CC2)cc1Cl. The highest BCUT2D eigenvalue weighted by atomic mass is 35.5. The molecule has 0 saturated carbocycles. The molecule has 1 amide bonds. The van der Waals surface area contributed by atoms with Gasteiger partial charge in [0.1, 0.15) is 11.6 Å². The minimum Gasteiger partial charge on any atom is -0.495 e. The third-order valence-corrected chi connectivity index (χ3v) is 5.80. The van der Waals surface area contributed by atoms with Crippen LogP contribution in [0.3, 0.4) is 0 Å². The fraction of sp³-hybridized carbons (Fsp3) is 0.364. The maximum Gasteiger partial charge on any atom is 0.346 e. The van der Waals surface area contributed by atoms with Crippen molar-refractivity contribution in [3.63, 3.8) is 0 Å². The van der Waals surface area contributed by atoms with Crippen molar-refractivity contribution in [3.8, 4) is 5.75 Å². The van der Waals surface area contributed by atoms with Crippen LogP contribution < -0.4 is 15.7 Å². The third-order valence-electron chi connectivity index (χ3n) is 5.50. The maximum absolute atomic E-state index is 12.8. The van der Waals surface area contributed by atoms with Gasteiger partial charge in [-0.1, -0.05) is 17.7 Å². The third kappa shape index (κ3) is 4.96. The fourth-order valence-electron chi connectivity index (χ4n) is 3.87. The number of methoxy groups -OCH3 is 1. The van der Waals surface area contributed by atoms with E-state index in [4.69, 9.17) is 16.3 Å². The van der Waals surface area contributed by atoms with E-state index in [0.717, 1.165) is 24.2 Å². The number of carbonyl (C=O) groups is 1. The molecule has 4 rings (SSSR count). The van der Waals surface area contributed by atoms with E-state index in [1.165, 1.54) is 4.68 Å². The van der Waals surface area contributed by atoms with Gasteiger partial charge in [0.2, 0.25) is 5.91 Å². The number of rotatable bonds is 6. The highest BCUT2D eigenvalue weighted by Gasteiger charge is 2.23. The predicted molar refractivity (Wildman–Crippen MR) is 118 cm³/mol. The summed E-state index contributed by atoms with van der Waals surface area (Å²) in [5.74, 6) is 1.45. The van der Waals surface area contributed by atoms with Gasteiger partial charge in [-0.2, -0.15) is 5.10 Å². The Labute approximate surface area is 184 Å². The Morgan fingerprint density at radius 3 is 2.94 bits per heavy atom. The lowest BCUT2D eigenvalue weighted by atomic mass is 9.96. The monoisotopic (exact) mass is 441 g/mol. The van der Waals surface area contributed by atoms with Gasteiger partial charge in [-0.25, -0.2) is 9.48 Å². The number of halogens is 1. The Kier molecular flexibility index (Phi) is 6.36. The first-order valence-corrected chi connectivity index (χ1v) is 10.6. The molecule has 162 valence electrons. The van der Waals surface area contributed by atoms with Gasteiger partial charge in [-0.05, 0) is 48.6 Å². The first kappa shape index (κ1) is 21.1. The number of aryl methyl sites for hydroxylation is 1. The van der Waals surface area contributed by atoms with Gasteiger partial charge in [-0.3, -0.25) is 14.3 Å². The number of nitrogens with zero attached hydrogens (tertiary/aromatic N) is 4. The normalized spacial score (nSPS) is 15.7. The largest absolute Gasteiger partial charge is 0.495 e. The summed E-state index contributed by atoms with van der Waals surface area (Å²) in [6, 6.07) is 8.92. The topological polar surface area (TPSA) is 91.0 Å². The second-order valence-electron chi connectivity index (χ2n) is 7.66. The maximum atomic E-state index is 12.8. The van der Waals surface area contributed by atoms with Crippen LogP contribution in [0.1, 0.15) is 30.7 Å². The van der Waals surface area contributed by atoms with Crippen LogP contribution in [0.4, 0.5) is 5.69 Å². The molecule has 1 unspecified atom stereocenters. The van der Waals surface area contributed by atoms with E-state index in [9.17, 15) is 9.59 Å². The molecule has 31 heavy (non-hydrogen) atoms. The standard InChI is InChI=1S/C22H24ClN5O3/c1-31-19-6-5-17(12-18(19)23)25-21(29)11-15-4-7-20-26-28(22(30)27(20)10-8-15)14-16-3-2-9-24-13-16/h2-3,5-6,9,12-13,15H,4,7-8,10-11,14H2,1H3,(H,25,29). The molecule has 1 N–H and O–H groups in total. The zero-order chi connectivity index (χ0) is 21.8. The summed E-state index contributed by atoms with van der Waals surface area (Å²) >= 11 is 6.12. The quantitative estimate of drug-likeness (QED) is 0.634. The van der Waals surface area contributed by atoms with E-state index in [1.807, 2.05) is 12.1 Å². The molecule has 2 aromatic heterocycles. The zero-order valence-electron chi connectivity index (χ0n) is 17.3. The number of fused-ring (bicyclic) bond motifs is 1. The number of carbonyl (C=O) groups excluding carboxylic acids is 1. The summed E-state index contributed by atoms with van der Waals surface area (Å²) in [5, 5.41) is 7.86. The van der Waals surface area contributed by atoms with E-state index < -0.39 is 0 Å². The van der Waals surface area contributed by atoms with Crippen LogP contribution in [0.5, 0.6) is 5.75 Å². The summed E-state index contributed by atoms with van der Waals surface area (Å²) < 4.78 is 8.36. The van der Waals surface area contributed by atoms with Gasteiger partial charge >= 0.3 is 5.69 Å². The molecule has 8 nitrogen and oxygen atoms in total. The van der Waals surface area contributed by atoms with Crippen LogP contribution in [0.25, 0.3) is 0 Å². The summed E-state index contributed by atoms with van der Waals surface area (Å²) in [6.07, 6.45) is 6.05. The number of ether oxygens (including phenoxy) is 1. The van der Waals surface area contributed by atoms with E-state index in [0.29, 0.717) is 42.4 Å². The lowest BCUT2D eigenvalue weighted by Gasteiger charge is -2.14. The van der Waals surface area contributed by atoms with Crippen LogP contribution in [0.2, 0.25) is 5.02 Å². The number of amides is 1. The predicted octanol–water partition coefficient (Wildman–Crippen LogP) is 3.13. The van der Waals surface area contributed by atoms with Crippen molar-refractivity contribution in [1.29, 1.82) is 0 Å². The van der Waals surface area contributed by atoms with Crippen molar-refractivity contribution in [2.45, 2.75) is 38.8 Å². The van der Waals surface area contributed by atoms with Gasteiger partial charge in [-0.15, -0.1) is 0 Å². The van der Waals surface area contributed by atoms with Crippen LogP contribution >= 0.6 is 11.6 Å². The number of benzene rings is 1. The molecular weight excluding hydrogens is 418 g/mol. The molecule has 0 spiro atoms. The Balaban J connectivity index is 1.36. The summed E-state index contributed by atoms with van der Waals surface area (Å²) in [7, 11) is 1.55. The van der Waals surface area contributed by atoms with Crippen molar-refractivity contribution < 1.29 is 9.53 Å². The Morgan fingerprint density at radius 1 is 1.32 bits per heavy atom. The van der Waals surface area contributed by atoms with Gasteiger partial charge < -0.3 is 10.1 Å². The smallest absolute Gasteiger partial charge is 0.346 e. The molecule has 0 fully saturated rings. The Bertz CT molecular complexity index is 1130. The number of aromatic nitrogens is 4. The second kappa shape index (κ2) is 9.34. The van der Waals surface area contributed by atoms with Crippen molar-refractivity contribution in [3.05, 3.63) is 69.6 Å². The van der Waals surface area contributed by atoms with Gasteiger partial charge in [0, 0.05) is 37.5 Å². The van der Waals surface area contributed by atoms with Gasteiger partial charge in [0.15, 0.2) is 0 Å². The zero-order valence-corrected chi connectivity index (χ0v) is 18.0. The van der Waals surface area contributed by atoms with E-state index >= 15 is 0 Å². The second-order valence-corrected chi connectivity index (χ2v) is 8.07. The van der Waals surface area contributed by atoms with Crippen LogP contribution in [0.15, 0.2) is 47.5 Å². The molecule has 3 heterocycles. The molecule has 0 aliphatic carbocycles. The number of hydrogen-bond donors (Lipinski definition) is 1. The van der Waals surface area contributed by atoms with Crippen molar-refractivity contribution in [1.82, 2.24) is 19.3 Å². The van der Waals surface area contributed by atoms with Gasteiger partial charge in [0.25, 0.3) is 0 Å². The molecule has 3 aromatic rings. The van der Waals surface area contributed by atoms with Crippen LogP contribution in [-0.2, 0) is 24.3 Å². The van der Waals surface area contributed by atoms with Crippen molar-refractivity contribution in [2.75, 3.05) is 12.4 Å². The number of anilines is 1. The number of hydrogen-bond acceptors (Lipinski definition) is 5. The summed E-state index contributed by atoms with van der Waals surface area (Å²) in [4.78, 5) is 29.4. The van der Waals surface area contributed by atoms with Crippen molar-refractivity contribution in [2.24, 2.45) is 5.92 Å². The number of nitrogens with one attached hydrogen (secondary N) is 1. The summed E-state index contributed by atoms with van der Waals surface area (Å²) in [5.41, 5.74) is 1.46. The average Bonchev–Trinajstić information content (AvgIpc) is 2.92. The highest BCUT2D eigenvalue weighted by Crippen LogP contribution is 2.28. The van der Waals surface area contributed by atoms with Gasteiger partial charge in [0.05, 0.1) is 18.7 Å². The minimum absolute atomic E-state index is 0.0697. The lowest BCUT2D eigenvalue weighted by molar-refractivity contribution is -0.117.